The van der Waals surface area contributed by atoms with Gasteiger partial charge in [-0.2, -0.15) is 13.2 Å². The average molecular weight is 378 g/mol. The van der Waals surface area contributed by atoms with Crippen molar-refractivity contribution in [1.82, 2.24) is 9.80 Å². The van der Waals surface area contributed by atoms with Crippen molar-refractivity contribution in [3.63, 3.8) is 0 Å². The third kappa shape index (κ3) is 5.01. The third-order valence-corrected chi connectivity index (χ3v) is 4.67. The summed E-state index contributed by atoms with van der Waals surface area (Å²) in [6.07, 6.45) is -4.45. The molecule has 0 aliphatic carbocycles. The van der Waals surface area contributed by atoms with E-state index in [1.807, 2.05) is 20.9 Å². The number of benzene rings is 1. The van der Waals surface area contributed by atoms with Gasteiger partial charge in [0.2, 0.25) is 5.91 Å². The zero-order valence-corrected chi connectivity index (χ0v) is 15.3. The summed E-state index contributed by atoms with van der Waals surface area (Å²) in [5.74, 6) is -0.0930. The van der Waals surface area contributed by atoms with Crippen molar-refractivity contribution in [2.24, 2.45) is 5.92 Å². The van der Waals surface area contributed by atoms with E-state index in [1.165, 1.54) is 6.07 Å². The van der Waals surface area contributed by atoms with Gasteiger partial charge < -0.3 is 15.1 Å². The fraction of sp³-hybridized carbons (Fsp3) is 0.588. The molecule has 1 heterocycles. The van der Waals surface area contributed by atoms with Gasteiger partial charge in [-0.05, 0) is 31.2 Å². The number of rotatable bonds is 4. The second-order valence-electron chi connectivity index (χ2n) is 6.69. The lowest BCUT2D eigenvalue weighted by atomic mass is 10.0. The molecule has 140 valence electrons. The molecule has 1 atom stereocenters. The molecular weight excluding hydrogens is 355 g/mol. The first-order valence-corrected chi connectivity index (χ1v) is 8.58. The Morgan fingerprint density at radius 2 is 1.80 bits per heavy atom. The van der Waals surface area contributed by atoms with E-state index in [2.05, 4.69) is 10.2 Å². The van der Waals surface area contributed by atoms with Gasteiger partial charge in [0.1, 0.15) is 6.04 Å². The second kappa shape index (κ2) is 7.83. The first-order chi connectivity index (χ1) is 11.6. The summed E-state index contributed by atoms with van der Waals surface area (Å²) < 4.78 is 38.2. The van der Waals surface area contributed by atoms with E-state index in [0.29, 0.717) is 18.8 Å². The van der Waals surface area contributed by atoms with Gasteiger partial charge in [-0.15, -0.1) is 0 Å². The molecular formula is C17H23ClF3N3O. The minimum Gasteiger partial charge on any atom is -0.372 e. The third-order valence-electron chi connectivity index (χ3n) is 4.36. The van der Waals surface area contributed by atoms with Gasteiger partial charge in [-0.1, -0.05) is 25.4 Å². The number of piperazine rings is 1. The van der Waals surface area contributed by atoms with Crippen LogP contribution in [0.1, 0.15) is 19.4 Å². The number of carbonyl (C=O) groups excluding carboxylic acids is 1. The van der Waals surface area contributed by atoms with Gasteiger partial charge in [-0.3, -0.25) is 4.79 Å². The molecule has 0 bridgehead atoms. The number of hydrogen-bond donors (Lipinski definition) is 1. The number of anilines is 1. The van der Waals surface area contributed by atoms with Gasteiger partial charge >= 0.3 is 6.18 Å². The first-order valence-electron chi connectivity index (χ1n) is 8.20. The van der Waals surface area contributed by atoms with Crippen molar-refractivity contribution in [2.45, 2.75) is 26.1 Å². The SMILES string of the molecule is CC(C)C(Nc1ccc(C(F)(F)F)cc1Cl)C(=O)N1CCN(C)CC1. The molecule has 0 radical (unpaired) electrons. The Morgan fingerprint density at radius 3 is 2.28 bits per heavy atom. The van der Waals surface area contributed by atoms with Gasteiger partial charge in [0.15, 0.2) is 0 Å². The van der Waals surface area contributed by atoms with E-state index in [4.69, 9.17) is 11.6 Å². The van der Waals surface area contributed by atoms with Crippen LogP contribution in [0.4, 0.5) is 18.9 Å². The first kappa shape index (κ1) is 19.8. The summed E-state index contributed by atoms with van der Waals surface area (Å²) in [5, 5.41) is 2.98. The van der Waals surface area contributed by atoms with Crippen molar-refractivity contribution in [1.29, 1.82) is 0 Å². The Bertz CT molecular complexity index is 614. The number of hydrogen-bond acceptors (Lipinski definition) is 3. The second-order valence-corrected chi connectivity index (χ2v) is 7.09. The lowest BCUT2D eigenvalue weighted by Gasteiger charge is -2.36. The topological polar surface area (TPSA) is 35.6 Å². The number of halogens is 4. The normalized spacial score (nSPS) is 17.7. The van der Waals surface area contributed by atoms with E-state index in [0.717, 1.165) is 25.2 Å². The summed E-state index contributed by atoms with van der Waals surface area (Å²) in [4.78, 5) is 16.7. The number of likely N-dealkylation sites (N-methyl/N-ethyl adjacent to an activating group) is 1. The van der Waals surface area contributed by atoms with Gasteiger partial charge in [0, 0.05) is 26.2 Å². The number of nitrogens with zero attached hydrogens (tertiary/aromatic N) is 2. The van der Waals surface area contributed by atoms with Gasteiger partial charge in [0.05, 0.1) is 16.3 Å². The van der Waals surface area contributed by atoms with Crippen LogP contribution in [0.3, 0.4) is 0 Å². The van der Waals surface area contributed by atoms with Crippen LogP contribution < -0.4 is 5.32 Å². The van der Waals surface area contributed by atoms with Crippen molar-refractivity contribution in [3.8, 4) is 0 Å². The molecule has 25 heavy (non-hydrogen) atoms. The van der Waals surface area contributed by atoms with E-state index in [-0.39, 0.29) is 16.8 Å². The lowest BCUT2D eigenvalue weighted by molar-refractivity contribution is -0.137. The van der Waals surface area contributed by atoms with Crippen LogP contribution in [-0.4, -0.2) is 55.0 Å². The molecule has 1 aromatic carbocycles. The maximum absolute atomic E-state index is 12.8. The summed E-state index contributed by atoms with van der Waals surface area (Å²) in [5.41, 5.74) is -0.481. The molecule has 4 nitrogen and oxygen atoms in total. The molecule has 1 fully saturated rings. The largest absolute Gasteiger partial charge is 0.416 e. The fourth-order valence-corrected chi connectivity index (χ4v) is 2.95. The van der Waals surface area contributed by atoms with Crippen LogP contribution in [0.15, 0.2) is 18.2 Å². The molecule has 1 N–H and O–H groups in total. The summed E-state index contributed by atoms with van der Waals surface area (Å²) in [7, 11) is 2.00. The maximum Gasteiger partial charge on any atom is 0.416 e. The van der Waals surface area contributed by atoms with E-state index in [9.17, 15) is 18.0 Å². The smallest absolute Gasteiger partial charge is 0.372 e. The highest BCUT2D eigenvalue weighted by Gasteiger charge is 2.32. The molecule has 1 aliphatic heterocycles. The molecule has 0 saturated carbocycles. The molecule has 1 amide bonds. The van der Waals surface area contributed by atoms with Crippen LogP contribution in [0.2, 0.25) is 5.02 Å². The van der Waals surface area contributed by atoms with Gasteiger partial charge in [0.25, 0.3) is 0 Å². The standard InChI is InChI=1S/C17H23ClF3N3O/c1-11(2)15(16(25)24-8-6-23(3)7-9-24)22-14-5-4-12(10-13(14)18)17(19,20)21/h4-5,10-11,15,22H,6-9H2,1-3H3. The molecule has 1 saturated heterocycles. The Morgan fingerprint density at radius 1 is 1.20 bits per heavy atom. The number of alkyl halides is 3. The lowest BCUT2D eigenvalue weighted by Crippen LogP contribution is -2.53. The van der Waals surface area contributed by atoms with Crippen LogP contribution in [0.5, 0.6) is 0 Å². The minimum absolute atomic E-state index is 0.0366. The van der Waals surface area contributed by atoms with E-state index in [1.54, 1.807) is 4.90 Å². The zero-order valence-electron chi connectivity index (χ0n) is 14.5. The van der Waals surface area contributed by atoms with Crippen molar-refractivity contribution < 1.29 is 18.0 Å². The minimum atomic E-state index is -4.45. The molecule has 0 aromatic heterocycles. The fourth-order valence-electron chi connectivity index (χ4n) is 2.71. The highest BCUT2D eigenvalue weighted by molar-refractivity contribution is 6.33. The molecule has 1 unspecified atom stereocenters. The highest BCUT2D eigenvalue weighted by Crippen LogP contribution is 2.34. The molecule has 2 rings (SSSR count). The van der Waals surface area contributed by atoms with Crippen molar-refractivity contribution in [2.75, 3.05) is 38.5 Å². The van der Waals surface area contributed by atoms with E-state index >= 15 is 0 Å². The number of nitrogens with one attached hydrogen (secondary N) is 1. The molecule has 1 aromatic rings. The molecule has 1 aliphatic rings. The highest BCUT2D eigenvalue weighted by atomic mass is 35.5. The predicted molar refractivity (Wildman–Crippen MR) is 92.8 cm³/mol. The van der Waals surface area contributed by atoms with Crippen molar-refractivity contribution in [3.05, 3.63) is 28.8 Å². The monoisotopic (exact) mass is 377 g/mol. The van der Waals surface area contributed by atoms with Crippen molar-refractivity contribution >= 4 is 23.2 Å². The zero-order chi connectivity index (χ0) is 18.8. The maximum atomic E-state index is 12.8. The number of amides is 1. The van der Waals surface area contributed by atoms with Crippen LogP contribution in [0, 0.1) is 5.92 Å². The molecule has 8 heteroatoms. The Kier molecular flexibility index (Phi) is 6.21. The van der Waals surface area contributed by atoms with E-state index < -0.39 is 17.8 Å². The van der Waals surface area contributed by atoms with Crippen LogP contribution in [0.25, 0.3) is 0 Å². The predicted octanol–water partition coefficient (Wildman–Crippen LogP) is 3.57. The summed E-state index contributed by atoms with van der Waals surface area (Å²) in [6.45, 7) is 6.67. The average Bonchev–Trinajstić information content (AvgIpc) is 2.52. The Hall–Kier alpha value is -1.47. The van der Waals surface area contributed by atoms with Crippen LogP contribution in [-0.2, 0) is 11.0 Å². The Balaban J connectivity index is 2.15. The number of carbonyl (C=O) groups is 1. The Labute approximate surface area is 150 Å². The van der Waals surface area contributed by atoms with Gasteiger partial charge in [-0.25, -0.2) is 0 Å². The summed E-state index contributed by atoms with van der Waals surface area (Å²) in [6, 6.07) is 2.57. The molecule has 0 spiro atoms. The van der Waals surface area contributed by atoms with Crippen LogP contribution >= 0.6 is 11.6 Å². The quantitative estimate of drug-likeness (QED) is 0.871. The summed E-state index contributed by atoms with van der Waals surface area (Å²) >= 11 is 6.00.